The molecule has 0 bridgehead atoms. The molecule has 4 heteroatoms. The molecule has 0 aromatic heterocycles. The first-order valence-electron chi connectivity index (χ1n) is 6.80. The van der Waals surface area contributed by atoms with Gasteiger partial charge in [0.2, 0.25) is 5.91 Å². The number of carbonyl (C=O) groups excluding carboxylic acids is 1. The van der Waals surface area contributed by atoms with Crippen molar-refractivity contribution in [2.24, 2.45) is 0 Å². The molecule has 0 aliphatic heterocycles. The Morgan fingerprint density at radius 3 is 2.38 bits per heavy atom. The summed E-state index contributed by atoms with van der Waals surface area (Å²) in [5.74, 6) is -0.160. The van der Waals surface area contributed by atoms with Gasteiger partial charge in [0, 0.05) is 10.5 Å². The van der Waals surface area contributed by atoms with Gasteiger partial charge in [-0.15, -0.1) is 11.6 Å². The highest BCUT2D eigenvalue weighted by molar-refractivity contribution is 9.10. The summed E-state index contributed by atoms with van der Waals surface area (Å²) in [5, 5.41) is 2.30. The molecule has 2 nitrogen and oxygen atoms in total. The molecular weight excluding hydrogens is 350 g/mol. The Morgan fingerprint density at radius 1 is 1.14 bits per heavy atom. The predicted octanol–water partition coefficient (Wildman–Crippen LogP) is 4.48. The van der Waals surface area contributed by atoms with E-state index in [1.165, 1.54) is 5.56 Å². The minimum Gasteiger partial charge on any atom is -0.352 e. The molecule has 2 atom stereocenters. The highest BCUT2D eigenvalue weighted by atomic mass is 79.9. The Morgan fingerprint density at radius 2 is 1.76 bits per heavy atom. The average Bonchev–Trinajstić information content (AvgIpc) is 2.49. The molecule has 21 heavy (non-hydrogen) atoms. The van der Waals surface area contributed by atoms with Crippen molar-refractivity contribution in [1.82, 2.24) is 5.32 Å². The molecule has 0 aliphatic carbocycles. The van der Waals surface area contributed by atoms with Gasteiger partial charge in [0.15, 0.2) is 0 Å². The van der Waals surface area contributed by atoms with Crippen LogP contribution in [0.3, 0.4) is 0 Å². The van der Waals surface area contributed by atoms with E-state index in [2.05, 4.69) is 21.2 Å². The lowest BCUT2D eigenvalue weighted by Crippen LogP contribution is -2.36. The fraction of sp³-hybridized carbons (Fsp3) is 0.235. The standard InChI is InChI=1S/C17H17BrClNO/c1-12(11-13-7-9-15(18)10-8-13)20-17(21)16(19)14-5-3-2-4-6-14/h2-10,12,16H,11H2,1H3,(H,20,21). The third kappa shape index (κ3) is 4.87. The Bertz CT molecular complexity index is 585. The van der Waals surface area contributed by atoms with Crippen LogP contribution >= 0.6 is 27.5 Å². The van der Waals surface area contributed by atoms with Crippen LogP contribution in [0.1, 0.15) is 23.4 Å². The van der Waals surface area contributed by atoms with Crippen LogP contribution in [-0.4, -0.2) is 11.9 Å². The number of halogens is 2. The number of hydrogen-bond donors (Lipinski definition) is 1. The van der Waals surface area contributed by atoms with Gasteiger partial charge in [-0.1, -0.05) is 58.4 Å². The van der Waals surface area contributed by atoms with Crippen molar-refractivity contribution in [3.63, 3.8) is 0 Å². The summed E-state index contributed by atoms with van der Waals surface area (Å²) in [6, 6.07) is 17.5. The van der Waals surface area contributed by atoms with Crippen LogP contribution < -0.4 is 5.32 Å². The molecular formula is C17H17BrClNO. The summed E-state index contributed by atoms with van der Waals surface area (Å²) in [6.07, 6.45) is 0.775. The van der Waals surface area contributed by atoms with E-state index in [1.807, 2.05) is 61.5 Å². The molecule has 2 rings (SSSR count). The molecule has 0 radical (unpaired) electrons. The van der Waals surface area contributed by atoms with E-state index in [0.717, 1.165) is 16.5 Å². The van der Waals surface area contributed by atoms with Crippen molar-refractivity contribution in [1.29, 1.82) is 0 Å². The molecule has 110 valence electrons. The first-order chi connectivity index (χ1) is 10.1. The van der Waals surface area contributed by atoms with Gasteiger partial charge in [0.25, 0.3) is 0 Å². The molecule has 2 unspecified atom stereocenters. The second kappa shape index (κ2) is 7.62. The maximum Gasteiger partial charge on any atom is 0.242 e. The number of carbonyl (C=O) groups is 1. The third-order valence-corrected chi connectivity index (χ3v) is 4.15. The van der Waals surface area contributed by atoms with Crippen molar-refractivity contribution in [2.75, 3.05) is 0 Å². The van der Waals surface area contributed by atoms with E-state index in [4.69, 9.17) is 11.6 Å². The molecule has 2 aromatic carbocycles. The lowest BCUT2D eigenvalue weighted by Gasteiger charge is -2.17. The molecule has 1 N–H and O–H groups in total. The molecule has 0 aliphatic rings. The highest BCUT2D eigenvalue weighted by Gasteiger charge is 2.19. The fourth-order valence-electron chi connectivity index (χ4n) is 2.11. The van der Waals surface area contributed by atoms with Crippen LogP contribution in [0.25, 0.3) is 0 Å². The van der Waals surface area contributed by atoms with Crippen LogP contribution in [0.5, 0.6) is 0 Å². The maximum absolute atomic E-state index is 12.1. The second-order valence-electron chi connectivity index (χ2n) is 5.01. The molecule has 1 amide bonds. The van der Waals surface area contributed by atoms with Crippen molar-refractivity contribution >= 4 is 33.4 Å². The number of hydrogen-bond acceptors (Lipinski definition) is 1. The molecule has 0 saturated carbocycles. The first-order valence-corrected chi connectivity index (χ1v) is 8.03. The maximum atomic E-state index is 12.1. The third-order valence-electron chi connectivity index (χ3n) is 3.17. The van der Waals surface area contributed by atoms with Crippen LogP contribution in [0.15, 0.2) is 59.1 Å². The van der Waals surface area contributed by atoms with E-state index in [1.54, 1.807) is 0 Å². The normalized spacial score (nSPS) is 13.5. The van der Waals surface area contributed by atoms with E-state index < -0.39 is 5.38 Å². The van der Waals surface area contributed by atoms with Gasteiger partial charge in [0.05, 0.1) is 0 Å². The monoisotopic (exact) mass is 365 g/mol. The zero-order valence-electron chi connectivity index (χ0n) is 11.7. The van der Waals surface area contributed by atoms with Crippen LogP contribution in [-0.2, 0) is 11.2 Å². The Balaban J connectivity index is 1.91. The van der Waals surface area contributed by atoms with Crippen molar-refractivity contribution in [3.8, 4) is 0 Å². The summed E-state index contributed by atoms with van der Waals surface area (Å²) < 4.78 is 1.05. The lowest BCUT2D eigenvalue weighted by atomic mass is 10.1. The van der Waals surface area contributed by atoms with Crippen molar-refractivity contribution in [3.05, 3.63) is 70.2 Å². The number of alkyl halides is 1. The van der Waals surface area contributed by atoms with Crippen LogP contribution in [0.4, 0.5) is 0 Å². The van der Waals surface area contributed by atoms with Crippen molar-refractivity contribution in [2.45, 2.75) is 24.8 Å². The van der Waals surface area contributed by atoms with Crippen molar-refractivity contribution < 1.29 is 4.79 Å². The largest absolute Gasteiger partial charge is 0.352 e. The van der Waals surface area contributed by atoms with E-state index in [9.17, 15) is 4.79 Å². The molecule has 0 saturated heterocycles. The first kappa shape index (κ1) is 16.1. The van der Waals surface area contributed by atoms with Crippen LogP contribution in [0.2, 0.25) is 0 Å². The van der Waals surface area contributed by atoms with Gasteiger partial charge >= 0.3 is 0 Å². The number of nitrogens with one attached hydrogen (secondary N) is 1. The molecule has 2 aromatic rings. The molecule has 0 fully saturated rings. The van der Waals surface area contributed by atoms with Crippen LogP contribution in [0, 0.1) is 0 Å². The van der Waals surface area contributed by atoms with E-state index in [0.29, 0.717) is 0 Å². The Labute approximate surface area is 138 Å². The summed E-state index contributed by atoms with van der Waals surface area (Å²) in [6.45, 7) is 1.98. The second-order valence-corrected chi connectivity index (χ2v) is 6.37. The Hall–Kier alpha value is -1.32. The Kier molecular flexibility index (Phi) is 5.83. The highest BCUT2D eigenvalue weighted by Crippen LogP contribution is 2.20. The summed E-state index contributed by atoms with van der Waals surface area (Å²) >= 11 is 9.62. The minimum absolute atomic E-state index is 0.0311. The van der Waals surface area contributed by atoms with Gasteiger partial charge in [-0.05, 0) is 36.6 Å². The lowest BCUT2D eigenvalue weighted by molar-refractivity contribution is -0.121. The van der Waals surface area contributed by atoms with E-state index in [-0.39, 0.29) is 11.9 Å². The van der Waals surface area contributed by atoms with Gasteiger partial charge in [-0.3, -0.25) is 4.79 Å². The van der Waals surface area contributed by atoms with Gasteiger partial charge in [-0.2, -0.15) is 0 Å². The molecule has 0 spiro atoms. The average molecular weight is 367 g/mol. The predicted molar refractivity (Wildman–Crippen MR) is 90.5 cm³/mol. The number of rotatable bonds is 5. The topological polar surface area (TPSA) is 29.1 Å². The SMILES string of the molecule is CC(Cc1ccc(Br)cc1)NC(=O)C(Cl)c1ccccc1. The fourth-order valence-corrected chi connectivity index (χ4v) is 2.59. The minimum atomic E-state index is -0.654. The summed E-state index contributed by atoms with van der Waals surface area (Å²) in [4.78, 5) is 12.1. The van der Waals surface area contributed by atoms with Gasteiger partial charge in [-0.25, -0.2) is 0 Å². The molecule has 0 heterocycles. The quantitative estimate of drug-likeness (QED) is 0.777. The number of amides is 1. The van der Waals surface area contributed by atoms with Gasteiger partial charge in [0.1, 0.15) is 5.38 Å². The van der Waals surface area contributed by atoms with E-state index >= 15 is 0 Å². The smallest absolute Gasteiger partial charge is 0.242 e. The van der Waals surface area contributed by atoms with Gasteiger partial charge < -0.3 is 5.32 Å². The zero-order valence-corrected chi connectivity index (χ0v) is 14.1. The summed E-state index contributed by atoms with van der Waals surface area (Å²) in [5.41, 5.74) is 1.99. The number of benzene rings is 2. The summed E-state index contributed by atoms with van der Waals surface area (Å²) in [7, 11) is 0. The zero-order chi connectivity index (χ0) is 15.2.